The molecule has 1 aromatic carbocycles. The first-order chi connectivity index (χ1) is 9.04. The van der Waals surface area contributed by atoms with Crippen LogP contribution in [0.5, 0.6) is 0 Å². The summed E-state index contributed by atoms with van der Waals surface area (Å²) < 4.78 is 4.72. The molecule has 0 saturated carbocycles. The van der Waals surface area contributed by atoms with Gasteiger partial charge in [-0.25, -0.2) is 4.79 Å². The maximum absolute atomic E-state index is 11.0. The summed E-state index contributed by atoms with van der Waals surface area (Å²) in [5.41, 5.74) is 8.64. The molecule has 104 valence electrons. The van der Waals surface area contributed by atoms with Crippen LogP contribution in [0.2, 0.25) is 0 Å². The first-order valence-corrected chi connectivity index (χ1v) is 5.70. The van der Waals surface area contributed by atoms with Crippen molar-refractivity contribution in [1.82, 2.24) is 0 Å². The van der Waals surface area contributed by atoms with E-state index in [4.69, 9.17) is 20.4 Å². The molecule has 0 fully saturated rings. The Bertz CT molecular complexity index is 461. The van der Waals surface area contributed by atoms with Crippen LogP contribution < -0.4 is 11.2 Å². The van der Waals surface area contributed by atoms with Crippen LogP contribution in [0.25, 0.3) is 0 Å². The minimum absolute atomic E-state index is 0.0148. The lowest BCUT2D eigenvalue weighted by atomic mass is 10.1. The number of rotatable bonds is 7. The topological polar surface area (TPSA) is 111 Å². The van der Waals surface area contributed by atoms with Crippen molar-refractivity contribution >= 4 is 23.3 Å². The van der Waals surface area contributed by atoms with Crippen LogP contribution in [-0.4, -0.2) is 30.3 Å². The third kappa shape index (κ3) is 4.84. The van der Waals surface area contributed by atoms with Gasteiger partial charge in [0.25, 0.3) is 0 Å². The fourth-order valence-electron chi connectivity index (χ4n) is 1.31. The lowest BCUT2D eigenvalue weighted by molar-refractivity contribution is -0.144. The lowest BCUT2D eigenvalue weighted by Crippen LogP contribution is -2.11. The van der Waals surface area contributed by atoms with Gasteiger partial charge in [0.1, 0.15) is 0 Å². The van der Waals surface area contributed by atoms with Crippen molar-refractivity contribution in [3.05, 3.63) is 23.8 Å². The van der Waals surface area contributed by atoms with Crippen molar-refractivity contribution in [2.24, 2.45) is 0 Å². The number of carboxylic acid groups (broad SMARTS) is 1. The van der Waals surface area contributed by atoms with Gasteiger partial charge in [0.15, 0.2) is 0 Å². The normalized spacial score (nSPS) is 9.95. The Balaban J connectivity index is 2.44. The number of nitrogen functional groups attached to an aromatic ring is 1. The molecule has 0 aliphatic rings. The zero-order valence-corrected chi connectivity index (χ0v) is 10.5. The highest BCUT2D eigenvalue weighted by molar-refractivity contribution is 5.94. The Morgan fingerprint density at radius 1 is 1.42 bits per heavy atom. The van der Waals surface area contributed by atoms with Gasteiger partial charge in [-0.3, -0.25) is 15.1 Å². The summed E-state index contributed by atoms with van der Waals surface area (Å²) in [5.74, 6) is -1.47. The van der Waals surface area contributed by atoms with Crippen molar-refractivity contribution in [3.8, 4) is 0 Å². The highest BCUT2D eigenvalue weighted by Gasteiger charge is 2.08. The van der Waals surface area contributed by atoms with E-state index in [2.05, 4.69) is 5.48 Å². The number of aromatic carboxylic acids is 1. The van der Waals surface area contributed by atoms with Crippen molar-refractivity contribution in [3.63, 3.8) is 0 Å². The van der Waals surface area contributed by atoms with Crippen molar-refractivity contribution in [2.45, 2.75) is 13.3 Å². The Morgan fingerprint density at radius 3 is 2.79 bits per heavy atom. The second-order valence-electron chi connectivity index (χ2n) is 3.61. The summed E-state index contributed by atoms with van der Waals surface area (Å²) in [6.07, 6.45) is 0.113. The number of nitrogens with two attached hydrogens (primary N) is 1. The average molecular weight is 268 g/mol. The van der Waals surface area contributed by atoms with Gasteiger partial charge in [0, 0.05) is 5.69 Å². The Morgan fingerprint density at radius 2 is 2.16 bits per heavy atom. The number of carboxylic acids is 1. The number of nitrogens with one attached hydrogen (secondary N) is 1. The number of ether oxygens (including phenoxy) is 1. The summed E-state index contributed by atoms with van der Waals surface area (Å²) in [6.45, 7) is 2.16. The molecule has 4 N–H and O–H groups in total. The van der Waals surface area contributed by atoms with Crippen molar-refractivity contribution < 1.29 is 24.3 Å². The van der Waals surface area contributed by atoms with Gasteiger partial charge in [-0.15, -0.1) is 0 Å². The number of benzene rings is 1. The van der Waals surface area contributed by atoms with Gasteiger partial charge >= 0.3 is 11.9 Å². The molecule has 0 amide bonds. The molecule has 0 bridgehead atoms. The highest BCUT2D eigenvalue weighted by atomic mass is 16.6. The van der Waals surface area contributed by atoms with E-state index in [1.165, 1.54) is 12.1 Å². The quantitative estimate of drug-likeness (QED) is 0.295. The minimum atomic E-state index is -1.12. The van der Waals surface area contributed by atoms with Crippen LogP contribution in [0.15, 0.2) is 18.2 Å². The largest absolute Gasteiger partial charge is 0.478 e. The SMILES string of the molecule is CCOC(=O)CCONc1ccc(N)c(C(=O)O)c1. The number of anilines is 2. The fraction of sp³-hybridized carbons (Fsp3) is 0.333. The molecule has 0 spiro atoms. The zero-order chi connectivity index (χ0) is 14.3. The van der Waals surface area contributed by atoms with Gasteiger partial charge in [-0.1, -0.05) is 0 Å². The van der Waals surface area contributed by atoms with E-state index >= 15 is 0 Å². The molecule has 0 aliphatic heterocycles. The number of esters is 1. The molecule has 0 radical (unpaired) electrons. The van der Waals surface area contributed by atoms with E-state index in [1.807, 2.05) is 0 Å². The number of carbonyl (C=O) groups excluding carboxylic acids is 1. The second kappa shape index (κ2) is 7.22. The molecule has 0 atom stereocenters. The molecule has 1 rings (SSSR count). The monoisotopic (exact) mass is 268 g/mol. The molecule has 7 heteroatoms. The third-order valence-electron chi connectivity index (χ3n) is 2.19. The maximum Gasteiger partial charge on any atom is 0.337 e. The van der Waals surface area contributed by atoms with E-state index in [0.29, 0.717) is 12.3 Å². The Hall–Kier alpha value is -2.28. The van der Waals surface area contributed by atoms with Gasteiger partial charge < -0.3 is 15.6 Å². The van der Waals surface area contributed by atoms with Gasteiger partial charge in [0.2, 0.25) is 0 Å². The molecule has 19 heavy (non-hydrogen) atoms. The molecule has 7 nitrogen and oxygen atoms in total. The van der Waals surface area contributed by atoms with Crippen LogP contribution in [0.1, 0.15) is 23.7 Å². The summed E-state index contributed by atoms with van der Waals surface area (Å²) in [5, 5.41) is 8.88. The van der Waals surface area contributed by atoms with E-state index < -0.39 is 5.97 Å². The Labute approximate surface area is 110 Å². The summed E-state index contributed by atoms with van der Waals surface area (Å²) in [7, 11) is 0. The smallest absolute Gasteiger partial charge is 0.337 e. The van der Waals surface area contributed by atoms with Gasteiger partial charge in [0.05, 0.1) is 30.9 Å². The van der Waals surface area contributed by atoms with Crippen molar-refractivity contribution in [2.75, 3.05) is 24.4 Å². The molecule has 0 heterocycles. The maximum atomic E-state index is 11.0. The minimum Gasteiger partial charge on any atom is -0.478 e. The predicted octanol–water partition coefficient (Wildman–Crippen LogP) is 1.26. The van der Waals surface area contributed by atoms with E-state index in [9.17, 15) is 9.59 Å². The molecule has 0 unspecified atom stereocenters. The number of hydrogen-bond acceptors (Lipinski definition) is 6. The van der Waals surface area contributed by atoms with Gasteiger partial charge in [-0.2, -0.15) is 0 Å². The Kier molecular flexibility index (Phi) is 5.62. The fourth-order valence-corrected chi connectivity index (χ4v) is 1.31. The molecule has 0 saturated heterocycles. The van der Waals surface area contributed by atoms with Crippen LogP contribution >= 0.6 is 0 Å². The summed E-state index contributed by atoms with van der Waals surface area (Å²) >= 11 is 0. The first-order valence-electron chi connectivity index (χ1n) is 5.70. The van der Waals surface area contributed by atoms with Crippen LogP contribution in [0.3, 0.4) is 0 Å². The lowest BCUT2D eigenvalue weighted by Gasteiger charge is -2.08. The number of hydrogen-bond donors (Lipinski definition) is 3. The standard InChI is InChI=1S/C12H16N2O5/c1-2-18-11(15)5-6-19-14-8-3-4-10(13)9(7-8)12(16)17/h3-4,7,14H,2,5-6,13H2,1H3,(H,16,17). The van der Waals surface area contributed by atoms with Crippen LogP contribution in [-0.2, 0) is 14.4 Å². The van der Waals surface area contributed by atoms with Crippen LogP contribution in [0.4, 0.5) is 11.4 Å². The predicted molar refractivity (Wildman–Crippen MR) is 68.6 cm³/mol. The van der Waals surface area contributed by atoms with Gasteiger partial charge in [-0.05, 0) is 25.1 Å². The van der Waals surface area contributed by atoms with E-state index in [1.54, 1.807) is 13.0 Å². The van der Waals surface area contributed by atoms with E-state index in [0.717, 1.165) is 0 Å². The molecular weight excluding hydrogens is 252 g/mol. The summed E-state index contributed by atoms with van der Waals surface area (Å²) in [4.78, 5) is 26.9. The molecular formula is C12H16N2O5. The average Bonchev–Trinajstić information content (AvgIpc) is 2.36. The first kappa shape index (κ1) is 14.8. The zero-order valence-electron chi connectivity index (χ0n) is 10.5. The van der Waals surface area contributed by atoms with Crippen LogP contribution in [0, 0.1) is 0 Å². The molecule has 1 aromatic rings. The summed E-state index contributed by atoms with van der Waals surface area (Å²) in [6, 6.07) is 4.38. The molecule has 0 aliphatic carbocycles. The molecule has 0 aromatic heterocycles. The third-order valence-corrected chi connectivity index (χ3v) is 2.19. The van der Waals surface area contributed by atoms with Crippen molar-refractivity contribution in [1.29, 1.82) is 0 Å². The highest BCUT2D eigenvalue weighted by Crippen LogP contribution is 2.17. The number of carbonyl (C=O) groups is 2. The second-order valence-corrected chi connectivity index (χ2v) is 3.61. The van der Waals surface area contributed by atoms with E-state index in [-0.39, 0.29) is 30.2 Å².